The number of halogens is 6. The number of hydrogen-bond acceptors (Lipinski definition) is 4. The van der Waals surface area contributed by atoms with Gasteiger partial charge in [0, 0.05) is 11.1 Å². The zero-order valence-electron chi connectivity index (χ0n) is 12.8. The highest BCUT2D eigenvalue weighted by Gasteiger charge is 2.37. The van der Waals surface area contributed by atoms with E-state index in [4.69, 9.17) is 0 Å². The van der Waals surface area contributed by atoms with Crippen LogP contribution in [0.4, 0.5) is 26.3 Å². The summed E-state index contributed by atoms with van der Waals surface area (Å²) < 4.78 is 77.2. The van der Waals surface area contributed by atoms with Gasteiger partial charge in [-0.1, -0.05) is 36.4 Å². The maximum absolute atomic E-state index is 12.9. The Morgan fingerprint density at radius 1 is 0.615 bits per heavy atom. The Morgan fingerprint density at radius 3 is 1.23 bits per heavy atom. The van der Waals surface area contributed by atoms with Crippen LogP contribution in [0, 0.1) is 0 Å². The van der Waals surface area contributed by atoms with E-state index in [9.17, 15) is 36.6 Å². The molecule has 0 aliphatic rings. The molecule has 2 aromatic carbocycles. The smallest absolute Gasteiger partial charge is 0.362 e. The van der Waals surface area contributed by atoms with E-state index in [1.165, 1.54) is 12.1 Å². The van der Waals surface area contributed by atoms with Gasteiger partial charge in [0.15, 0.2) is 0 Å². The molecule has 2 unspecified atom stereocenters. The normalized spacial score (nSPS) is 14.9. The molecule has 4 nitrogen and oxygen atoms in total. The zero-order valence-corrected chi connectivity index (χ0v) is 12.8. The number of hydrogen-bond donors (Lipinski definition) is 2. The largest absolute Gasteiger partial charge is 0.416 e. The standard InChI is InChI=1S/C16H12F6O4/c17-15(18,19)11-7-3-1-5-9(11)13(23)25-26-14(24)10-6-2-4-8-12(10)16(20,21)22/h1-8,13-14,23-24H. The van der Waals surface area contributed by atoms with E-state index in [0.29, 0.717) is 12.1 Å². The van der Waals surface area contributed by atoms with Crippen LogP contribution in [-0.4, -0.2) is 10.2 Å². The number of rotatable bonds is 5. The molecular formula is C16H12F6O4. The highest BCUT2D eigenvalue weighted by molar-refractivity contribution is 5.31. The van der Waals surface area contributed by atoms with Gasteiger partial charge in [0.2, 0.25) is 12.6 Å². The summed E-state index contributed by atoms with van der Waals surface area (Å²) in [5, 5.41) is 19.4. The van der Waals surface area contributed by atoms with Crippen LogP contribution >= 0.6 is 0 Å². The van der Waals surface area contributed by atoms with E-state index >= 15 is 0 Å². The van der Waals surface area contributed by atoms with E-state index in [1.807, 2.05) is 0 Å². The molecular weight excluding hydrogens is 370 g/mol. The first kappa shape index (κ1) is 20.2. The van der Waals surface area contributed by atoms with Gasteiger partial charge in [0.05, 0.1) is 11.1 Å². The number of benzene rings is 2. The fourth-order valence-electron chi connectivity index (χ4n) is 2.15. The van der Waals surface area contributed by atoms with Gasteiger partial charge in [0.1, 0.15) is 0 Å². The van der Waals surface area contributed by atoms with Crippen molar-refractivity contribution in [3.63, 3.8) is 0 Å². The maximum atomic E-state index is 12.9. The van der Waals surface area contributed by atoms with Crippen molar-refractivity contribution in [2.24, 2.45) is 0 Å². The quantitative estimate of drug-likeness (QED) is 0.349. The molecule has 0 saturated carbocycles. The predicted molar refractivity (Wildman–Crippen MR) is 75.0 cm³/mol. The van der Waals surface area contributed by atoms with E-state index < -0.39 is 47.2 Å². The van der Waals surface area contributed by atoms with E-state index in [0.717, 1.165) is 24.3 Å². The van der Waals surface area contributed by atoms with Crippen LogP contribution in [-0.2, 0) is 22.1 Å². The summed E-state index contributed by atoms with van der Waals surface area (Å²) in [6, 6.07) is 7.68. The van der Waals surface area contributed by atoms with Crippen molar-refractivity contribution >= 4 is 0 Å². The molecule has 10 heteroatoms. The fourth-order valence-corrected chi connectivity index (χ4v) is 2.15. The van der Waals surface area contributed by atoms with Crippen LogP contribution in [0.5, 0.6) is 0 Å². The molecule has 0 aromatic heterocycles. The Labute approximate surface area is 143 Å². The molecule has 0 bridgehead atoms. The van der Waals surface area contributed by atoms with Gasteiger partial charge < -0.3 is 10.2 Å². The Hall–Kier alpha value is -2.14. The van der Waals surface area contributed by atoms with Gasteiger partial charge in [-0.15, -0.1) is 0 Å². The minimum atomic E-state index is -4.80. The molecule has 0 heterocycles. The molecule has 142 valence electrons. The lowest BCUT2D eigenvalue weighted by molar-refractivity contribution is -0.431. The van der Waals surface area contributed by atoms with Crippen molar-refractivity contribution in [1.82, 2.24) is 0 Å². The van der Waals surface area contributed by atoms with Crippen LogP contribution in [0.15, 0.2) is 48.5 Å². The SMILES string of the molecule is OC(OOC(O)c1ccccc1C(F)(F)F)c1ccccc1C(F)(F)F. The fraction of sp³-hybridized carbons (Fsp3) is 0.250. The van der Waals surface area contributed by atoms with Crippen LogP contribution in [0.3, 0.4) is 0 Å². The lowest BCUT2D eigenvalue weighted by Gasteiger charge is -2.20. The predicted octanol–water partition coefficient (Wildman–Crippen LogP) is 4.35. The van der Waals surface area contributed by atoms with Crippen molar-refractivity contribution in [3.05, 3.63) is 70.8 Å². The van der Waals surface area contributed by atoms with Crippen LogP contribution < -0.4 is 0 Å². The summed E-state index contributed by atoms with van der Waals surface area (Å²) in [5.41, 5.74) is -3.89. The van der Waals surface area contributed by atoms with Gasteiger partial charge in [-0.25, -0.2) is 0 Å². The monoisotopic (exact) mass is 382 g/mol. The molecule has 2 rings (SSSR count). The first-order valence-electron chi connectivity index (χ1n) is 7.02. The second kappa shape index (κ2) is 7.62. The lowest BCUT2D eigenvalue weighted by Crippen LogP contribution is -2.17. The second-order valence-electron chi connectivity index (χ2n) is 5.07. The average Bonchev–Trinajstić information content (AvgIpc) is 2.58. The molecule has 26 heavy (non-hydrogen) atoms. The van der Waals surface area contributed by atoms with Crippen molar-refractivity contribution in [2.45, 2.75) is 24.9 Å². The molecule has 2 atom stereocenters. The third kappa shape index (κ3) is 4.73. The Kier molecular flexibility index (Phi) is 5.91. The topological polar surface area (TPSA) is 58.9 Å². The van der Waals surface area contributed by atoms with E-state index in [1.54, 1.807) is 0 Å². The van der Waals surface area contributed by atoms with E-state index in [-0.39, 0.29) is 0 Å². The summed E-state index contributed by atoms with van der Waals surface area (Å²) in [6.45, 7) is 0. The number of alkyl halides is 6. The molecule has 0 saturated heterocycles. The third-order valence-electron chi connectivity index (χ3n) is 3.30. The summed E-state index contributed by atoms with van der Waals surface area (Å²) >= 11 is 0. The summed E-state index contributed by atoms with van der Waals surface area (Å²) in [7, 11) is 0. The summed E-state index contributed by atoms with van der Waals surface area (Å²) in [5.74, 6) is 0. The molecule has 0 spiro atoms. The Morgan fingerprint density at radius 2 is 0.923 bits per heavy atom. The van der Waals surface area contributed by atoms with Crippen molar-refractivity contribution in [3.8, 4) is 0 Å². The maximum Gasteiger partial charge on any atom is 0.416 e. The van der Waals surface area contributed by atoms with Gasteiger partial charge in [-0.2, -0.15) is 36.1 Å². The number of aliphatic hydroxyl groups is 2. The molecule has 2 N–H and O–H groups in total. The van der Waals surface area contributed by atoms with Crippen molar-refractivity contribution in [2.75, 3.05) is 0 Å². The third-order valence-corrected chi connectivity index (χ3v) is 3.30. The summed E-state index contributed by atoms with van der Waals surface area (Å²) in [4.78, 5) is 8.57. The molecule has 0 fully saturated rings. The van der Waals surface area contributed by atoms with Crippen LogP contribution in [0.1, 0.15) is 34.8 Å². The molecule has 0 amide bonds. The minimum absolute atomic E-state index is 0.678. The first-order chi connectivity index (χ1) is 12.0. The molecule has 0 radical (unpaired) electrons. The zero-order chi connectivity index (χ0) is 19.5. The Bertz CT molecular complexity index is 681. The van der Waals surface area contributed by atoms with Crippen molar-refractivity contribution < 1.29 is 46.3 Å². The highest BCUT2D eigenvalue weighted by atomic mass is 19.4. The van der Waals surface area contributed by atoms with Gasteiger partial charge in [-0.05, 0) is 12.1 Å². The van der Waals surface area contributed by atoms with Crippen LogP contribution in [0.2, 0.25) is 0 Å². The van der Waals surface area contributed by atoms with Crippen molar-refractivity contribution in [1.29, 1.82) is 0 Å². The lowest BCUT2D eigenvalue weighted by atomic mass is 10.1. The molecule has 0 aliphatic carbocycles. The van der Waals surface area contributed by atoms with Gasteiger partial charge in [0.25, 0.3) is 0 Å². The minimum Gasteiger partial charge on any atom is -0.362 e. The average molecular weight is 382 g/mol. The Balaban J connectivity index is 2.16. The summed E-state index contributed by atoms with van der Waals surface area (Å²) in [6.07, 6.45) is -14.2. The highest BCUT2D eigenvalue weighted by Crippen LogP contribution is 2.37. The van der Waals surface area contributed by atoms with Gasteiger partial charge >= 0.3 is 12.4 Å². The molecule has 0 aliphatic heterocycles. The second-order valence-corrected chi connectivity index (χ2v) is 5.07. The van der Waals surface area contributed by atoms with E-state index in [2.05, 4.69) is 9.78 Å². The van der Waals surface area contributed by atoms with Crippen LogP contribution in [0.25, 0.3) is 0 Å². The van der Waals surface area contributed by atoms with Gasteiger partial charge in [-0.3, -0.25) is 0 Å². The molecule has 2 aromatic rings. The first-order valence-corrected chi connectivity index (χ1v) is 7.02. The number of aliphatic hydroxyl groups excluding tert-OH is 2.